The zero-order valence-electron chi connectivity index (χ0n) is 14.2. The molecule has 3 heterocycles. The molecule has 0 bridgehead atoms. The molecule has 1 N–H and O–H groups in total. The van der Waals surface area contributed by atoms with Crippen LogP contribution in [-0.4, -0.2) is 37.7 Å². The number of hydrogen-bond acceptors (Lipinski definition) is 4. The first kappa shape index (κ1) is 15.1. The summed E-state index contributed by atoms with van der Waals surface area (Å²) in [5, 5.41) is 5.21. The number of fused-ring (bicyclic) bond motifs is 1. The van der Waals surface area contributed by atoms with Crippen LogP contribution in [0.25, 0.3) is 10.9 Å². The van der Waals surface area contributed by atoms with E-state index in [0.29, 0.717) is 11.4 Å². The van der Waals surface area contributed by atoms with Crippen LogP contribution in [0.4, 0.5) is 0 Å². The number of aryl methyl sites for hydroxylation is 2. The highest BCUT2D eigenvalue weighted by atomic mass is 16.1. The summed E-state index contributed by atoms with van der Waals surface area (Å²) in [5.41, 5.74) is 2.93. The highest BCUT2D eigenvalue weighted by molar-refractivity contribution is 5.77. The van der Waals surface area contributed by atoms with E-state index >= 15 is 0 Å². The average molecular weight is 323 g/mol. The Morgan fingerprint density at radius 2 is 2.00 bits per heavy atom. The van der Waals surface area contributed by atoms with Crippen molar-refractivity contribution in [1.29, 1.82) is 0 Å². The maximum Gasteiger partial charge on any atom is 0.258 e. The maximum atomic E-state index is 12.2. The normalized spacial score (nSPS) is 17.1. The molecule has 6 heteroatoms. The Hall–Kier alpha value is -2.47. The van der Waals surface area contributed by atoms with Gasteiger partial charge in [0.15, 0.2) is 0 Å². The van der Waals surface area contributed by atoms with Crippen molar-refractivity contribution in [1.82, 2.24) is 24.6 Å². The molecule has 0 radical (unpaired) electrons. The number of likely N-dealkylation sites (tertiary alicyclic amines) is 1. The Morgan fingerprint density at radius 1 is 1.25 bits per heavy atom. The Labute approximate surface area is 140 Å². The molecular formula is C18H21N5O. The third-order valence-electron chi connectivity index (χ3n) is 4.86. The Kier molecular flexibility index (Phi) is 3.49. The third-order valence-corrected chi connectivity index (χ3v) is 4.86. The number of hydrogen-bond donors (Lipinski definition) is 1. The summed E-state index contributed by atoms with van der Waals surface area (Å²) in [6.45, 7) is 8.03. The summed E-state index contributed by atoms with van der Waals surface area (Å²) >= 11 is 0. The van der Waals surface area contributed by atoms with Gasteiger partial charge in [-0.3, -0.25) is 14.4 Å². The largest absolute Gasteiger partial charge is 0.309 e. The van der Waals surface area contributed by atoms with Crippen LogP contribution in [0, 0.1) is 13.8 Å². The van der Waals surface area contributed by atoms with Gasteiger partial charge >= 0.3 is 0 Å². The molecular weight excluding hydrogens is 302 g/mol. The van der Waals surface area contributed by atoms with Crippen LogP contribution in [0.15, 0.2) is 35.1 Å². The van der Waals surface area contributed by atoms with Crippen molar-refractivity contribution in [3.8, 4) is 0 Å². The lowest BCUT2D eigenvalue weighted by molar-refractivity contribution is 0.0549. The molecule has 1 aromatic carbocycles. The molecule has 0 spiro atoms. The number of rotatable bonds is 3. The van der Waals surface area contributed by atoms with Crippen LogP contribution in [0.2, 0.25) is 0 Å². The van der Waals surface area contributed by atoms with Crippen molar-refractivity contribution in [2.45, 2.75) is 32.9 Å². The van der Waals surface area contributed by atoms with Gasteiger partial charge in [0.1, 0.15) is 5.82 Å². The number of nitrogens with one attached hydrogen (secondary N) is 1. The van der Waals surface area contributed by atoms with E-state index < -0.39 is 0 Å². The number of para-hydroxylation sites is 1. The first-order valence-corrected chi connectivity index (χ1v) is 8.28. The predicted molar refractivity (Wildman–Crippen MR) is 93.1 cm³/mol. The molecule has 0 amide bonds. The quantitative estimate of drug-likeness (QED) is 0.803. The zero-order chi connectivity index (χ0) is 16.8. The summed E-state index contributed by atoms with van der Waals surface area (Å²) in [5.74, 6) is 0.727. The molecule has 1 aliphatic rings. The molecule has 1 fully saturated rings. The highest BCUT2D eigenvalue weighted by Crippen LogP contribution is 2.30. The van der Waals surface area contributed by atoms with Crippen LogP contribution in [0.3, 0.4) is 0 Å². The average Bonchev–Trinajstić information content (AvgIpc) is 2.84. The molecule has 1 atom stereocenters. The number of aromatic amines is 1. The molecule has 1 saturated heterocycles. The van der Waals surface area contributed by atoms with E-state index in [-0.39, 0.29) is 11.6 Å². The molecule has 1 unspecified atom stereocenters. The predicted octanol–water partition coefficient (Wildman–Crippen LogP) is 2.35. The standard InChI is InChI=1S/C18H21N5O/c1-11-8-12(2)23(21-11)14-9-22(10-14)13(3)17-19-16-7-5-4-6-15(16)18(24)20-17/h4-8,13-14H,9-10H2,1-3H3,(H,19,20,24). The van der Waals surface area contributed by atoms with Gasteiger partial charge in [-0.2, -0.15) is 5.10 Å². The van der Waals surface area contributed by atoms with E-state index in [2.05, 4.69) is 44.6 Å². The third kappa shape index (κ3) is 2.43. The minimum absolute atomic E-state index is 0.0712. The van der Waals surface area contributed by atoms with E-state index in [9.17, 15) is 4.79 Å². The van der Waals surface area contributed by atoms with Gasteiger partial charge in [-0.15, -0.1) is 0 Å². The summed E-state index contributed by atoms with van der Waals surface area (Å²) in [7, 11) is 0. The van der Waals surface area contributed by atoms with Gasteiger partial charge in [-0.05, 0) is 39.0 Å². The van der Waals surface area contributed by atoms with Gasteiger partial charge in [-0.25, -0.2) is 4.98 Å². The number of H-pyrrole nitrogens is 1. The van der Waals surface area contributed by atoms with Gasteiger partial charge in [0.25, 0.3) is 5.56 Å². The van der Waals surface area contributed by atoms with E-state index in [0.717, 1.165) is 30.1 Å². The van der Waals surface area contributed by atoms with Crippen molar-refractivity contribution in [2.75, 3.05) is 13.1 Å². The lowest BCUT2D eigenvalue weighted by Gasteiger charge is -2.43. The SMILES string of the molecule is Cc1cc(C)n(C2CN(C(C)c3nc4ccccc4c(=O)[nH]3)C2)n1. The highest BCUT2D eigenvalue weighted by Gasteiger charge is 2.34. The van der Waals surface area contributed by atoms with Crippen molar-refractivity contribution < 1.29 is 0 Å². The molecule has 0 aliphatic carbocycles. The van der Waals surface area contributed by atoms with Crippen LogP contribution >= 0.6 is 0 Å². The molecule has 6 nitrogen and oxygen atoms in total. The Bertz CT molecular complexity index is 951. The van der Waals surface area contributed by atoms with E-state index in [4.69, 9.17) is 0 Å². The summed E-state index contributed by atoms with van der Waals surface area (Å²) in [6, 6.07) is 10.0. The first-order chi connectivity index (χ1) is 11.5. The maximum absolute atomic E-state index is 12.2. The molecule has 1 aliphatic heterocycles. The van der Waals surface area contributed by atoms with Gasteiger partial charge in [0.05, 0.1) is 28.7 Å². The molecule has 124 valence electrons. The Morgan fingerprint density at radius 3 is 2.71 bits per heavy atom. The van der Waals surface area contributed by atoms with Crippen molar-refractivity contribution in [2.24, 2.45) is 0 Å². The second-order valence-corrected chi connectivity index (χ2v) is 6.62. The second kappa shape index (κ2) is 5.56. The van der Waals surface area contributed by atoms with Gasteiger partial charge in [0.2, 0.25) is 0 Å². The van der Waals surface area contributed by atoms with Gasteiger partial charge < -0.3 is 4.98 Å². The van der Waals surface area contributed by atoms with Crippen LogP contribution in [-0.2, 0) is 0 Å². The minimum Gasteiger partial charge on any atom is -0.309 e. The first-order valence-electron chi connectivity index (χ1n) is 8.28. The van der Waals surface area contributed by atoms with Crippen molar-refractivity contribution in [3.63, 3.8) is 0 Å². The van der Waals surface area contributed by atoms with Crippen LogP contribution < -0.4 is 5.56 Å². The molecule has 3 aromatic rings. The number of benzene rings is 1. The summed E-state index contributed by atoms with van der Waals surface area (Å²) in [4.78, 5) is 22.1. The topological polar surface area (TPSA) is 66.8 Å². The zero-order valence-corrected chi connectivity index (χ0v) is 14.2. The molecule has 0 saturated carbocycles. The fourth-order valence-corrected chi connectivity index (χ4v) is 3.45. The lowest BCUT2D eigenvalue weighted by atomic mass is 10.1. The van der Waals surface area contributed by atoms with Crippen molar-refractivity contribution >= 4 is 10.9 Å². The van der Waals surface area contributed by atoms with Gasteiger partial charge in [0, 0.05) is 18.8 Å². The summed E-state index contributed by atoms with van der Waals surface area (Å²) in [6.07, 6.45) is 0. The lowest BCUT2D eigenvalue weighted by Crippen LogP contribution is -2.49. The molecule has 2 aromatic heterocycles. The minimum atomic E-state index is -0.0712. The molecule has 4 rings (SSSR count). The van der Waals surface area contributed by atoms with Crippen LogP contribution in [0.5, 0.6) is 0 Å². The van der Waals surface area contributed by atoms with Crippen LogP contribution in [0.1, 0.15) is 36.2 Å². The number of aromatic nitrogens is 4. The van der Waals surface area contributed by atoms with E-state index in [1.165, 1.54) is 5.69 Å². The number of nitrogens with zero attached hydrogens (tertiary/aromatic N) is 4. The smallest absolute Gasteiger partial charge is 0.258 e. The fraction of sp³-hybridized carbons (Fsp3) is 0.389. The van der Waals surface area contributed by atoms with Gasteiger partial charge in [-0.1, -0.05) is 12.1 Å². The molecule has 24 heavy (non-hydrogen) atoms. The fourth-order valence-electron chi connectivity index (χ4n) is 3.45. The van der Waals surface area contributed by atoms with E-state index in [1.54, 1.807) is 6.07 Å². The van der Waals surface area contributed by atoms with E-state index in [1.807, 2.05) is 25.1 Å². The second-order valence-electron chi connectivity index (χ2n) is 6.62. The van der Waals surface area contributed by atoms with Crippen molar-refractivity contribution in [3.05, 3.63) is 57.9 Å². The monoisotopic (exact) mass is 323 g/mol. The Balaban J connectivity index is 1.54. The summed E-state index contributed by atoms with van der Waals surface area (Å²) < 4.78 is 2.11.